The predicted molar refractivity (Wildman–Crippen MR) is 272 cm³/mol. The number of nitrogens with two attached hydrogens (primary N) is 1. The fourth-order valence-corrected chi connectivity index (χ4v) is 8.48. The van der Waals surface area contributed by atoms with Crippen molar-refractivity contribution in [2.24, 2.45) is 23.6 Å². The first-order valence-electron chi connectivity index (χ1n) is 24.8. The summed E-state index contributed by atoms with van der Waals surface area (Å²) < 4.78 is 0. The number of amides is 7. The molecule has 28 heteroatoms. The highest BCUT2D eigenvalue weighted by Crippen LogP contribution is 2.29. The molecule has 4 rings (SSSR count). The molecule has 1 heterocycles. The number of pyridine rings is 1. The van der Waals surface area contributed by atoms with E-state index in [1.807, 2.05) is 42.5 Å². The summed E-state index contributed by atoms with van der Waals surface area (Å²) in [5.41, 5.74) is 2.94. The van der Waals surface area contributed by atoms with Gasteiger partial charge in [-0.15, -0.1) is 0 Å². The number of carboxylic acid groups (broad SMARTS) is 6. The Morgan fingerprint density at radius 3 is 1.76 bits per heavy atom. The first-order chi connectivity index (χ1) is 37.0. The zero-order valence-electron chi connectivity index (χ0n) is 42.1. The number of nitrogens with one attached hydrogen (secondary N) is 8. The van der Waals surface area contributed by atoms with Crippen LogP contribution >= 0.6 is 0 Å². The van der Waals surface area contributed by atoms with Gasteiger partial charge in [0.2, 0.25) is 23.6 Å². The number of hydrogen-bond donors (Lipinski definition) is 15. The van der Waals surface area contributed by atoms with Crippen LogP contribution in [0, 0.1) is 17.8 Å². The standard InChI is InChI=1S/C50H64N10O18/c51-60-38-17-14-31(25-53-38)42(66)55-33(15-18-39(61)62)45(69)57-37(23-32(46(70)71)47(72)73)44(68)54-24-26-8-12-29(13-9-26)41(65)56-36(22-27-10-11-28-5-1-2-6-30(28)21-27)43(67)52-20-4-3-7-34(48(74)75)58-50(78)59-35(49(76)77)16-19-40(63)64/h1-2,5-6,10-11,14,17,21,25-26,29,32-37H,3-4,7-9,12-13,15-16,18-20,22-24,51H2,(H,52,67)(H,53,60)(H,54,68)(H,55,66)(H,56,65)(H,57,69)(H,61,62)(H,63,64)(H,70,71)(H,72,73)(H,74,75)(H,76,77)(H2,58,59,78). The van der Waals surface area contributed by atoms with Crippen LogP contribution in [-0.4, -0.2) is 150 Å². The lowest BCUT2D eigenvalue weighted by Gasteiger charge is -2.30. The first-order valence-corrected chi connectivity index (χ1v) is 24.8. The smallest absolute Gasteiger partial charge is 0.326 e. The number of fused-ring (bicyclic) bond motifs is 1. The van der Waals surface area contributed by atoms with Crippen LogP contribution in [0.25, 0.3) is 10.8 Å². The number of unbranched alkanes of at least 4 members (excludes halogenated alkanes) is 1. The highest BCUT2D eigenvalue weighted by molar-refractivity contribution is 5.99. The third kappa shape index (κ3) is 20.3. The maximum Gasteiger partial charge on any atom is 0.326 e. The summed E-state index contributed by atoms with van der Waals surface area (Å²) in [6.45, 7) is -0.0112. The Morgan fingerprint density at radius 2 is 1.18 bits per heavy atom. The van der Waals surface area contributed by atoms with Crippen molar-refractivity contribution in [2.75, 3.05) is 18.5 Å². The van der Waals surface area contributed by atoms with Gasteiger partial charge >= 0.3 is 41.8 Å². The summed E-state index contributed by atoms with van der Waals surface area (Å²) in [5, 5.41) is 75.4. The molecule has 5 unspecified atom stereocenters. The van der Waals surface area contributed by atoms with E-state index >= 15 is 0 Å². The summed E-state index contributed by atoms with van der Waals surface area (Å²) in [6.07, 6.45) is -0.189. The van der Waals surface area contributed by atoms with Crippen LogP contribution in [0.3, 0.4) is 0 Å². The summed E-state index contributed by atoms with van der Waals surface area (Å²) in [6, 6.07) is 7.14. The number of hydrogen-bond acceptors (Lipinski definition) is 15. The molecule has 0 spiro atoms. The van der Waals surface area contributed by atoms with Gasteiger partial charge in [0.05, 0.1) is 5.56 Å². The molecule has 3 aromatic rings. The third-order valence-electron chi connectivity index (χ3n) is 12.9. The van der Waals surface area contributed by atoms with Gasteiger partial charge in [0, 0.05) is 50.9 Å². The average Bonchev–Trinajstić information content (AvgIpc) is 3.40. The van der Waals surface area contributed by atoms with Crippen molar-refractivity contribution >= 4 is 88.0 Å². The molecular weight excluding hydrogens is 1030 g/mol. The van der Waals surface area contributed by atoms with Gasteiger partial charge in [0.1, 0.15) is 36.0 Å². The van der Waals surface area contributed by atoms with Crippen molar-refractivity contribution in [1.29, 1.82) is 0 Å². The van der Waals surface area contributed by atoms with Gasteiger partial charge in [-0.05, 0) is 92.2 Å². The second-order valence-electron chi connectivity index (χ2n) is 18.6. The van der Waals surface area contributed by atoms with Crippen LogP contribution in [0.5, 0.6) is 0 Å². The second kappa shape index (κ2) is 30.6. The molecule has 422 valence electrons. The Bertz CT molecular complexity index is 2650. The molecule has 16 N–H and O–H groups in total. The van der Waals surface area contributed by atoms with E-state index in [0.29, 0.717) is 25.7 Å². The lowest BCUT2D eigenvalue weighted by Crippen LogP contribution is -2.55. The molecule has 0 bridgehead atoms. The fraction of sp³-hybridized carbons (Fsp3) is 0.460. The number of benzene rings is 2. The van der Waals surface area contributed by atoms with Crippen LogP contribution in [-0.2, 0) is 54.4 Å². The number of hydrazine groups is 1. The van der Waals surface area contributed by atoms with Gasteiger partial charge in [0.25, 0.3) is 5.91 Å². The number of aliphatic carboxylic acids is 6. The highest BCUT2D eigenvalue weighted by atomic mass is 16.4. The van der Waals surface area contributed by atoms with Gasteiger partial charge in [-0.3, -0.25) is 43.2 Å². The topological polar surface area (TPSA) is 461 Å². The number of nitrogens with zero attached hydrogens (tertiary/aromatic N) is 1. The van der Waals surface area contributed by atoms with Crippen molar-refractivity contribution in [2.45, 2.75) is 114 Å². The zero-order chi connectivity index (χ0) is 57.5. The SMILES string of the molecule is NNc1ccc(C(=O)NC(CCC(=O)O)C(=O)NC(CC(C(=O)O)C(=O)O)C(=O)NCC2CCC(C(=O)NC(Cc3ccc4ccccc4c3)C(=O)NCCCCC(NC(=O)NC(CCC(=O)O)C(=O)O)C(=O)O)CC2)cn1. The molecule has 28 nitrogen and oxygen atoms in total. The minimum Gasteiger partial charge on any atom is -0.481 e. The van der Waals surface area contributed by atoms with Crippen molar-refractivity contribution in [3.8, 4) is 0 Å². The van der Waals surface area contributed by atoms with Gasteiger partial charge in [-0.2, -0.15) is 0 Å². The number of carbonyl (C=O) groups is 12. The average molecular weight is 1090 g/mol. The van der Waals surface area contributed by atoms with Crippen LogP contribution in [0.4, 0.5) is 10.6 Å². The molecule has 0 radical (unpaired) electrons. The summed E-state index contributed by atoms with van der Waals surface area (Å²) >= 11 is 0. The number of nitrogen functional groups attached to an aromatic ring is 1. The lowest BCUT2D eigenvalue weighted by atomic mass is 9.81. The number of urea groups is 1. The van der Waals surface area contributed by atoms with Crippen LogP contribution in [0.1, 0.15) is 93.0 Å². The van der Waals surface area contributed by atoms with Crippen LogP contribution in [0.2, 0.25) is 0 Å². The molecule has 1 aliphatic rings. The molecule has 0 aliphatic heterocycles. The van der Waals surface area contributed by atoms with Gasteiger partial charge in [0.15, 0.2) is 5.92 Å². The van der Waals surface area contributed by atoms with Crippen molar-refractivity contribution < 1.29 is 88.2 Å². The van der Waals surface area contributed by atoms with Crippen LogP contribution in [0.15, 0.2) is 60.8 Å². The predicted octanol–water partition coefficient (Wildman–Crippen LogP) is 0.151. The second-order valence-corrected chi connectivity index (χ2v) is 18.6. The fourth-order valence-electron chi connectivity index (χ4n) is 8.48. The normalized spacial score (nSPS) is 15.9. The summed E-state index contributed by atoms with van der Waals surface area (Å²) in [7, 11) is 0. The van der Waals surface area contributed by atoms with E-state index in [9.17, 15) is 83.1 Å². The third-order valence-corrected chi connectivity index (χ3v) is 12.9. The molecule has 78 heavy (non-hydrogen) atoms. The van der Waals surface area contributed by atoms with Crippen LogP contribution < -0.4 is 48.5 Å². The quantitative estimate of drug-likeness (QED) is 0.0171. The van der Waals surface area contributed by atoms with E-state index in [1.165, 1.54) is 12.1 Å². The Morgan fingerprint density at radius 1 is 0.577 bits per heavy atom. The lowest BCUT2D eigenvalue weighted by molar-refractivity contribution is -0.156. The monoisotopic (exact) mass is 1090 g/mol. The zero-order valence-corrected chi connectivity index (χ0v) is 42.1. The summed E-state index contributed by atoms with van der Waals surface area (Å²) in [5.74, 6) is -10.6. The van der Waals surface area contributed by atoms with E-state index in [1.54, 1.807) is 0 Å². The molecule has 1 fully saturated rings. The highest BCUT2D eigenvalue weighted by Gasteiger charge is 2.36. The number of carboxylic acids is 6. The Balaban J connectivity index is 1.37. The number of aromatic nitrogens is 1. The molecule has 1 aromatic heterocycles. The molecule has 1 saturated carbocycles. The maximum atomic E-state index is 13.9. The van der Waals surface area contributed by atoms with E-state index in [-0.39, 0.29) is 56.1 Å². The Labute approximate surface area is 445 Å². The molecule has 1 aliphatic carbocycles. The Kier molecular flexibility index (Phi) is 24.1. The molecular formula is C50H64N10O18. The molecule has 0 saturated heterocycles. The van der Waals surface area contributed by atoms with E-state index in [4.69, 9.17) is 10.9 Å². The van der Waals surface area contributed by atoms with Crippen molar-refractivity contribution in [3.05, 3.63) is 71.9 Å². The largest absolute Gasteiger partial charge is 0.481 e. The molecule has 5 atom stereocenters. The number of rotatable bonds is 32. The Hall–Kier alpha value is -8.95. The molecule has 2 aromatic carbocycles. The summed E-state index contributed by atoms with van der Waals surface area (Å²) in [4.78, 5) is 154. The van der Waals surface area contributed by atoms with Crippen molar-refractivity contribution in [1.82, 2.24) is 42.2 Å². The molecule has 7 amide bonds. The van der Waals surface area contributed by atoms with E-state index < -0.39 is 146 Å². The minimum atomic E-state index is -2.17. The first kappa shape index (κ1) is 61.6. The van der Waals surface area contributed by atoms with E-state index in [2.05, 4.69) is 47.6 Å². The number of carbonyl (C=O) groups excluding carboxylic acids is 6. The number of anilines is 1. The van der Waals surface area contributed by atoms with Gasteiger partial charge in [-0.1, -0.05) is 42.5 Å². The van der Waals surface area contributed by atoms with Gasteiger partial charge in [-0.25, -0.2) is 25.2 Å². The van der Waals surface area contributed by atoms with Crippen molar-refractivity contribution in [3.63, 3.8) is 0 Å². The minimum absolute atomic E-state index is 0.0370. The van der Waals surface area contributed by atoms with E-state index in [0.717, 1.165) is 22.5 Å². The van der Waals surface area contributed by atoms with Gasteiger partial charge < -0.3 is 73.3 Å². The maximum absolute atomic E-state index is 13.9.